The van der Waals surface area contributed by atoms with Gasteiger partial charge in [-0.2, -0.15) is 9.57 Å². The summed E-state index contributed by atoms with van der Waals surface area (Å²) in [5.74, 6) is -0.0334. The molecule has 4 rings (SSSR count). The minimum atomic E-state index is -3.77. The van der Waals surface area contributed by atoms with Gasteiger partial charge in [-0.1, -0.05) is 30.3 Å². The largest absolute Gasteiger partial charge is 0.339 e. The van der Waals surface area contributed by atoms with Crippen molar-refractivity contribution in [3.63, 3.8) is 0 Å². The lowest BCUT2D eigenvalue weighted by atomic mass is 10.2. The average Bonchev–Trinajstić information content (AvgIpc) is 3.08. The van der Waals surface area contributed by atoms with E-state index in [1.807, 2.05) is 41.8 Å². The molecule has 1 aromatic heterocycles. The molecule has 30 heavy (non-hydrogen) atoms. The summed E-state index contributed by atoms with van der Waals surface area (Å²) in [4.78, 5) is 14.6. The van der Waals surface area contributed by atoms with Crippen LogP contribution in [-0.2, 0) is 21.4 Å². The minimum absolute atomic E-state index is 0.0155. The van der Waals surface area contributed by atoms with E-state index >= 15 is 0 Å². The summed E-state index contributed by atoms with van der Waals surface area (Å²) in [5, 5.41) is 10.3. The lowest BCUT2D eigenvalue weighted by Crippen LogP contribution is -2.51. The van der Waals surface area contributed by atoms with E-state index < -0.39 is 10.0 Å². The molecule has 2 aromatic carbocycles. The zero-order chi connectivity index (χ0) is 21.3. The number of carbonyl (C=O) groups is 1. The zero-order valence-electron chi connectivity index (χ0n) is 16.7. The molecule has 1 fully saturated rings. The Hall–Kier alpha value is -3.15. The van der Waals surface area contributed by atoms with Gasteiger partial charge in [0.15, 0.2) is 0 Å². The van der Waals surface area contributed by atoms with E-state index in [2.05, 4.69) is 6.07 Å². The first-order chi connectivity index (χ1) is 14.4. The van der Waals surface area contributed by atoms with Crippen molar-refractivity contribution < 1.29 is 13.2 Å². The van der Waals surface area contributed by atoms with Crippen LogP contribution in [0.25, 0.3) is 10.9 Å². The highest BCUT2D eigenvalue weighted by Gasteiger charge is 2.31. The van der Waals surface area contributed by atoms with Crippen molar-refractivity contribution in [3.8, 4) is 6.07 Å². The van der Waals surface area contributed by atoms with Crippen molar-refractivity contribution in [3.05, 3.63) is 65.9 Å². The van der Waals surface area contributed by atoms with Crippen molar-refractivity contribution in [2.45, 2.75) is 18.4 Å². The van der Waals surface area contributed by atoms with E-state index in [-0.39, 0.29) is 36.0 Å². The number of aromatic nitrogens is 1. The van der Waals surface area contributed by atoms with Gasteiger partial charge in [0.2, 0.25) is 15.9 Å². The Morgan fingerprint density at radius 3 is 2.43 bits per heavy atom. The number of sulfonamides is 1. The predicted octanol–water partition coefficient (Wildman–Crippen LogP) is 2.35. The number of para-hydroxylation sites is 1. The summed E-state index contributed by atoms with van der Waals surface area (Å²) in [6.07, 6.45) is 0. The van der Waals surface area contributed by atoms with Gasteiger partial charge in [0.05, 0.1) is 10.5 Å². The van der Waals surface area contributed by atoms with Crippen molar-refractivity contribution >= 4 is 26.8 Å². The molecule has 8 heteroatoms. The highest BCUT2D eigenvalue weighted by Crippen LogP contribution is 2.22. The number of benzene rings is 2. The third kappa shape index (κ3) is 3.58. The number of aryl methyl sites for hydroxylation is 1. The molecule has 1 amide bonds. The predicted molar refractivity (Wildman–Crippen MR) is 113 cm³/mol. The van der Waals surface area contributed by atoms with Crippen molar-refractivity contribution in [2.24, 2.45) is 0 Å². The van der Waals surface area contributed by atoms with Crippen LogP contribution in [0.2, 0.25) is 0 Å². The molecule has 0 bridgehead atoms. The summed E-state index contributed by atoms with van der Waals surface area (Å²) in [5.41, 5.74) is 2.16. The molecule has 0 aliphatic carbocycles. The molecular weight excluding hydrogens is 400 g/mol. The first-order valence-electron chi connectivity index (χ1n) is 9.74. The summed E-state index contributed by atoms with van der Waals surface area (Å²) in [6.45, 7) is 3.27. The lowest BCUT2D eigenvalue weighted by Gasteiger charge is -2.34. The van der Waals surface area contributed by atoms with Crippen LogP contribution >= 0.6 is 0 Å². The van der Waals surface area contributed by atoms with Gasteiger partial charge >= 0.3 is 0 Å². The van der Waals surface area contributed by atoms with Crippen LogP contribution in [0, 0.1) is 18.3 Å². The molecule has 0 spiro atoms. The van der Waals surface area contributed by atoms with Gasteiger partial charge in [-0.3, -0.25) is 4.79 Å². The van der Waals surface area contributed by atoms with E-state index in [0.29, 0.717) is 13.1 Å². The van der Waals surface area contributed by atoms with Crippen LogP contribution in [0.4, 0.5) is 0 Å². The van der Waals surface area contributed by atoms with E-state index in [4.69, 9.17) is 0 Å². The van der Waals surface area contributed by atoms with Gasteiger partial charge < -0.3 is 9.47 Å². The Bertz CT molecular complexity index is 1250. The van der Waals surface area contributed by atoms with Crippen LogP contribution in [-0.4, -0.2) is 54.3 Å². The van der Waals surface area contributed by atoms with E-state index in [9.17, 15) is 18.5 Å². The monoisotopic (exact) mass is 422 g/mol. The fraction of sp³-hybridized carbons (Fsp3) is 0.273. The highest BCUT2D eigenvalue weighted by molar-refractivity contribution is 7.89. The number of nitrogens with zero attached hydrogens (tertiary/aromatic N) is 4. The molecular formula is C22H22N4O3S. The molecule has 0 radical (unpaired) electrons. The van der Waals surface area contributed by atoms with Gasteiger partial charge in [-0.25, -0.2) is 8.42 Å². The molecule has 1 saturated heterocycles. The molecule has 0 saturated carbocycles. The Kier molecular flexibility index (Phi) is 5.33. The van der Waals surface area contributed by atoms with Crippen molar-refractivity contribution in [1.82, 2.24) is 13.8 Å². The van der Waals surface area contributed by atoms with E-state index in [1.54, 1.807) is 17.0 Å². The number of hydrogen-bond acceptors (Lipinski definition) is 4. The number of amides is 1. The second-order valence-electron chi connectivity index (χ2n) is 7.32. The molecule has 7 nitrogen and oxygen atoms in total. The molecule has 154 valence electrons. The van der Waals surface area contributed by atoms with Gasteiger partial charge in [-0.15, -0.1) is 0 Å². The molecule has 0 unspecified atom stereocenters. The van der Waals surface area contributed by atoms with Crippen LogP contribution in [0.15, 0.2) is 59.5 Å². The highest BCUT2D eigenvalue weighted by atomic mass is 32.2. The summed E-state index contributed by atoms with van der Waals surface area (Å²) < 4.78 is 29.3. The summed E-state index contributed by atoms with van der Waals surface area (Å²) in [7, 11) is -3.77. The van der Waals surface area contributed by atoms with Crippen LogP contribution in [0.3, 0.4) is 0 Å². The van der Waals surface area contributed by atoms with Gasteiger partial charge in [0.25, 0.3) is 0 Å². The topological polar surface area (TPSA) is 86.4 Å². The Balaban J connectivity index is 1.46. The number of carbonyl (C=O) groups excluding carboxylic acids is 1. The molecule has 3 aromatic rings. The van der Waals surface area contributed by atoms with Crippen LogP contribution < -0.4 is 0 Å². The number of nitriles is 1. The fourth-order valence-electron chi connectivity index (χ4n) is 3.89. The zero-order valence-corrected chi connectivity index (χ0v) is 17.5. The van der Waals surface area contributed by atoms with Crippen LogP contribution in [0.5, 0.6) is 0 Å². The normalized spacial score (nSPS) is 15.3. The van der Waals surface area contributed by atoms with Gasteiger partial charge in [0, 0.05) is 37.4 Å². The second-order valence-corrected chi connectivity index (χ2v) is 9.23. The van der Waals surface area contributed by atoms with Crippen LogP contribution in [0.1, 0.15) is 11.3 Å². The Morgan fingerprint density at radius 1 is 1.03 bits per heavy atom. The summed E-state index contributed by atoms with van der Waals surface area (Å²) in [6, 6.07) is 18.1. The lowest BCUT2D eigenvalue weighted by molar-refractivity contribution is -0.132. The van der Waals surface area contributed by atoms with E-state index in [1.165, 1.54) is 16.4 Å². The minimum Gasteiger partial charge on any atom is -0.339 e. The Labute approximate surface area is 175 Å². The molecule has 1 aliphatic heterocycles. The number of rotatable bonds is 4. The maximum absolute atomic E-state index is 13.0. The number of hydrogen-bond donors (Lipinski definition) is 0. The first kappa shape index (κ1) is 20.1. The maximum atomic E-state index is 13.0. The standard InChI is InChI=1S/C22H22N4O3S/c1-17-14-18-6-2-4-8-20(18)26(17)16-22(27)24-10-12-25(13-11-24)30(28,29)21-9-5-3-7-19(21)15-23/h2-9,14H,10-13,16H2,1H3. The molecule has 0 N–H and O–H groups in total. The van der Waals surface area contributed by atoms with Gasteiger partial charge in [-0.05, 0) is 36.6 Å². The second kappa shape index (κ2) is 7.94. The molecule has 0 atom stereocenters. The Morgan fingerprint density at radius 2 is 1.70 bits per heavy atom. The third-order valence-corrected chi connectivity index (χ3v) is 7.48. The summed E-state index contributed by atoms with van der Waals surface area (Å²) >= 11 is 0. The van der Waals surface area contributed by atoms with Crippen molar-refractivity contribution in [2.75, 3.05) is 26.2 Å². The smallest absolute Gasteiger partial charge is 0.244 e. The van der Waals surface area contributed by atoms with Crippen molar-refractivity contribution in [1.29, 1.82) is 5.26 Å². The van der Waals surface area contributed by atoms with E-state index in [0.717, 1.165) is 16.6 Å². The quantitative estimate of drug-likeness (QED) is 0.646. The molecule has 2 heterocycles. The average molecular weight is 423 g/mol. The van der Waals surface area contributed by atoms with Gasteiger partial charge in [0.1, 0.15) is 12.6 Å². The fourth-order valence-corrected chi connectivity index (χ4v) is 5.46. The maximum Gasteiger partial charge on any atom is 0.244 e. The first-order valence-corrected chi connectivity index (χ1v) is 11.2. The molecule has 1 aliphatic rings. The number of piperazine rings is 1. The SMILES string of the molecule is Cc1cc2ccccc2n1CC(=O)N1CCN(S(=O)(=O)c2ccccc2C#N)CC1. The number of fused-ring (bicyclic) bond motifs is 1. The third-order valence-electron chi connectivity index (χ3n) is 5.53.